The molecule has 0 bridgehead atoms. The number of methoxy groups -OCH3 is 2. The number of nitrogens with one attached hydrogen (secondary N) is 1. The molecule has 1 amide bonds. The molecule has 26 heavy (non-hydrogen) atoms. The predicted molar refractivity (Wildman–Crippen MR) is 99.7 cm³/mol. The summed E-state index contributed by atoms with van der Waals surface area (Å²) in [5.41, 5.74) is 2.45. The normalized spacial score (nSPS) is 10.3. The van der Waals surface area contributed by atoms with Gasteiger partial charge in [-0.15, -0.1) is 0 Å². The van der Waals surface area contributed by atoms with Gasteiger partial charge in [0.05, 0.1) is 31.2 Å². The zero-order valence-corrected chi connectivity index (χ0v) is 14.8. The molecule has 0 saturated carbocycles. The zero-order valence-electron chi connectivity index (χ0n) is 14.8. The summed E-state index contributed by atoms with van der Waals surface area (Å²) < 4.78 is 10.5. The van der Waals surface area contributed by atoms with Crippen LogP contribution in [0.25, 0.3) is 11.4 Å². The minimum absolute atomic E-state index is 0.300. The van der Waals surface area contributed by atoms with Crippen LogP contribution in [0.2, 0.25) is 0 Å². The van der Waals surface area contributed by atoms with E-state index in [4.69, 9.17) is 9.47 Å². The maximum atomic E-state index is 12.6. The number of hydrogen-bond donors (Lipinski definition) is 1. The van der Waals surface area contributed by atoms with E-state index in [1.165, 1.54) is 13.3 Å². The largest absolute Gasteiger partial charge is 0.497 e. The van der Waals surface area contributed by atoms with E-state index in [0.29, 0.717) is 34.3 Å². The molecule has 1 heterocycles. The highest BCUT2D eigenvalue weighted by Crippen LogP contribution is 2.29. The maximum absolute atomic E-state index is 12.6. The molecule has 0 fully saturated rings. The fraction of sp³-hybridized carbons (Fsp3) is 0.150. The molecule has 0 spiro atoms. The summed E-state index contributed by atoms with van der Waals surface area (Å²) >= 11 is 0. The number of benzene rings is 2. The van der Waals surface area contributed by atoms with Crippen molar-refractivity contribution < 1.29 is 14.3 Å². The first-order valence-electron chi connectivity index (χ1n) is 8.05. The summed E-state index contributed by atoms with van der Waals surface area (Å²) in [6.45, 7) is 1.79. The molecule has 0 radical (unpaired) electrons. The van der Waals surface area contributed by atoms with Crippen LogP contribution in [0, 0.1) is 6.92 Å². The smallest absolute Gasteiger partial charge is 0.259 e. The van der Waals surface area contributed by atoms with E-state index >= 15 is 0 Å². The van der Waals surface area contributed by atoms with E-state index in [1.54, 1.807) is 32.2 Å². The molecule has 1 aromatic heterocycles. The van der Waals surface area contributed by atoms with Crippen LogP contribution in [-0.4, -0.2) is 30.1 Å². The molecule has 6 nitrogen and oxygen atoms in total. The molecule has 2 aromatic carbocycles. The summed E-state index contributed by atoms with van der Waals surface area (Å²) in [6, 6.07) is 14.8. The van der Waals surface area contributed by atoms with Crippen molar-refractivity contribution in [3.05, 3.63) is 66.0 Å². The van der Waals surface area contributed by atoms with Crippen LogP contribution in [0.15, 0.2) is 54.7 Å². The van der Waals surface area contributed by atoms with Crippen molar-refractivity contribution in [2.45, 2.75) is 6.92 Å². The number of nitrogens with zero attached hydrogens (tertiary/aromatic N) is 2. The van der Waals surface area contributed by atoms with E-state index in [9.17, 15) is 4.79 Å². The molecule has 0 aliphatic rings. The zero-order chi connectivity index (χ0) is 18.5. The molecule has 1 N–H and O–H groups in total. The van der Waals surface area contributed by atoms with Crippen molar-refractivity contribution in [1.82, 2.24) is 9.97 Å². The van der Waals surface area contributed by atoms with Gasteiger partial charge in [0.15, 0.2) is 5.82 Å². The molecule has 0 atom stereocenters. The van der Waals surface area contributed by atoms with Gasteiger partial charge in [0, 0.05) is 17.8 Å². The van der Waals surface area contributed by atoms with E-state index < -0.39 is 0 Å². The second-order valence-corrected chi connectivity index (χ2v) is 5.58. The highest BCUT2D eigenvalue weighted by Gasteiger charge is 2.15. The third-order valence-electron chi connectivity index (χ3n) is 3.91. The maximum Gasteiger partial charge on any atom is 0.259 e. The molecular weight excluding hydrogens is 330 g/mol. The second-order valence-electron chi connectivity index (χ2n) is 5.58. The second kappa shape index (κ2) is 7.65. The van der Waals surface area contributed by atoms with Crippen LogP contribution < -0.4 is 14.8 Å². The molecule has 132 valence electrons. The van der Waals surface area contributed by atoms with Gasteiger partial charge in [0.25, 0.3) is 5.91 Å². The summed E-state index contributed by atoms with van der Waals surface area (Å²) in [5.74, 6) is 1.44. The standard InChI is InChI=1S/C20H19N3O3/c1-13-16(12-21-19(22-13)14-7-5-4-6-8-14)20(24)23-17-10-9-15(25-2)11-18(17)26-3/h4-12H,1-3H3,(H,23,24). The van der Waals surface area contributed by atoms with Crippen molar-refractivity contribution >= 4 is 11.6 Å². The number of rotatable bonds is 5. The van der Waals surface area contributed by atoms with Crippen molar-refractivity contribution in [3.8, 4) is 22.9 Å². The number of amides is 1. The van der Waals surface area contributed by atoms with E-state index in [2.05, 4.69) is 15.3 Å². The summed E-state index contributed by atoms with van der Waals surface area (Å²) in [5, 5.41) is 2.83. The fourth-order valence-corrected chi connectivity index (χ4v) is 2.51. The van der Waals surface area contributed by atoms with Gasteiger partial charge in [0.1, 0.15) is 11.5 Å². The van der Waals surface area contributed by atoms with Gasteiger partial charge >= 0.3 is 0 Å². The molecule has 3 rings (SSSR count). The SMILES string of the molecule is COc1ccc(NC(=O)c2cnc(-c3ccccc3)nc2C)c(OC)c1. The first-order valence-corrected chi connectivity index (χ1v) is 8.05. The number of carbonyl (C=O) groups excluding carboxylic acids is 1. The van der Waals surface area contributed by atoms with Gasteiger partial charge in [-0.05, 0) is 19.1 Å². The lowest BCUT2D eigenvalue weighted by Crippen LogP contribution is -2.15. The summed E-state index contributed by atoms with van der Waals surface area (Å²) in [7, 11) is 3.11. The number of ether oxygens (including phenoxy) is 2. The lowest BCUT2D eigenvalue weighted by molar-refractivity contribution is 0.102. The monoisotopic (exact) mass is 349 g/mol. The summed E-state index contributed by atoms with van der Waals surface area (Å²) in [4.78, 5) is 21.4. The predicted octanol–water partition coefficient (Wildman–Crippen LogP) is 3.72. The quantitative estimate of drug-likeness (QED) is 0.760. The molecule has 6 heteroatoms. The number of aromatic nitrogens is 2. The van der Waals surface area contributed by atoms with Crippen LogP contribution in [0.4, 0.5) is 5.69 Å². The number of anilines is 1. The lowest BCUT2D eigenvalue weighted by Gasteiger charge is -2.12. The average molecular weight is 349 g/mol. The third kappa shape index (κ3) is 3.64. The van der Waals surface area contributed by atoms with Gasteiger partial charge in [-0.1, -0.05) is 30.3 Å². The minimum Gasteiger partial charge on any atom is -0.497 e. The van der Waals surface area contributed by atoms with Crippen molar-refractivity contribution in [2.24, 2.45) is 0 Å². The Hall–Kier alpha value is -3.41. The van der Waals surface area contributed by atoms with E-state index in [1.807, 2.05) is 30.3 Å². The average Bonchev–Trinajstić information content (AvgIpc) is 2.68. The number of carbonyl (C=O) groups is 1. The van der Waals surface area contributed by atoms with Crippen LogP contribution in [0.3, 0.4) is 0 Å². The van der Waals surface area contributed by atoms with Crippen molar-refractivity contribution in [3.63, 3.8) is 0 Å². The molecule has 0 aliphatic carbocycles. The number of hydrogen-bond acceptors (Lipinski definition) is 5. The van der Waals surface area contributed by atoms with Crippen LogP contribution in [-0.2, 0) is 0 Å². The third-order valence-corrected chi connectivity index (χ3v) is 3.91. The summed E-state index contributed by atoms with van der Waals surface area (Å²) in [6.07, 6.45) is 1.54. The van der Waals surface area contributed by atoms with Gasteiger partial charge in [-0.2, -0.15) is 0 Å². The van der Waals surface area contributed by atoms with Gasteiger partial charge in [0.2, 0.25) is 0 Å². The molecule has 0 aliphatic heterocycles. The lowest BCUT2D eigenvalue weighted by atomic mass is 10.1. The van der Waals surface area contributed by atoms with Crippen LogP contribution in [0.1, 0.15) is 16.1 Å². The number of aryl methyl sites for hydroxylation is 1. The van der Waals surface area contributed by atoms with Crippen molar-refractivity contribution in [2.75, 3.05) is 19.5 Å². The van der Waals surface area contributed by atoms with Crippen molar-refractivity contribution in [1.29, 1.82) is 0 Å². The molecule has 0 saturated heterocycles. The Kier molecular flexibility index (Phi) is 5.12. The Bertz CT molecular complexity index is 927. The Morgan fingerprint density at radius 2 is 1.81 bits per heavy atom. The molecule has 3 aromatic rings. The van der Waals surface area contributed by atoms with Gasteiger partial charge < -0.3 is 14.8 Å². The Morgan fingerprint density at radius 1 is 1.04 bits per heavy atom. The molecular formula is C20H19N3O3. The van der Waals surface area contributed by atoms with Gasteiger partial charge in [-0.3, -0.25) is 4.79 Å². The van der Waals surface area contributed by atoms with E-state index in [-0.39, 0.29) is 5.91 Å². The van der Waals surface area contributed by atoms with E-state index in [0.717, 1.165) is 5.56 Å². The van der Waals surface area contributed by atoms with Gasteiger partial charge in [-0.25, -0.2) is 9.97 Å². The van der Waals surface area contributed by atoms with Crippen LogP contribution >= 0.6 is 0 Å². The van der Waals surface area contributed by atoms with Crippen LogP contribution in [0.5, 0.6) is 11.5 Å². The Balaban J connectivity index is 1.85. The fourth-order valence-electron chi connectivity index (χ4n) is 2.51. The highest BCUT2D eigenvalue weighted by molar-refractivity contribution is 6.05. The minimum atomic E-state index is -0.300. The Labute approximate surface area is 151 Å². The Morgan fingerprint density at radius 3 is 2.46 bits per heavy atom. The highest BCUT2D eigenvalue weighted by atomic mass is 16.5. The topological polar surface area (TPSA) is 73.3 Å². The first-order chi connectivity index (χ1) is 12.6. The molecule has 0 unspecified atom stereocenters. The first kappa shape index (κ1) is 17.4.